The van der Waals surface area contributed by atoms with Crippen LogP contribution in [0.25, 0.3) is 6.08 Å². The minimum absolute atomic E-state index is 0.0885. The summed E-state index contributed by atoms with van der Waals surface area (Å²) >= 11 is 0. The van der Waals surface area contributed by atoms with Crippen molar-refractivity contribution in [1.82, 2.24) is 14.7 Å². The van der Waals surface area contributed by atoms with Crippen molar-refractivity contribution in [2.45, 2.75) is 18.2 Å². The van der Waals surface area contributed by atoms with Crippen molar-refractivity contribution in [2.24, 2.45) is 7.05 Å². The van der Waals surface area contributed by atoms with Crippen LogP contribution in [0.5, 0.6) is 0 Å². The number of amides is 1. The molecule has 2 heterocycles. The zero-order valence-electron chi connectivity index (χ0n) is 11.5. The summed E-state index contributed by atoms with van der Waals surface area (Å²) in [5.41, 5.74) is 0.815. The highest BCUT2D eigenvalue weighted by Gasteiger charge is 2.35. The highest BCUT2D eigenvalue weighted by atomic mass is 16.5. The lowest BCUT2D eigenvalue weighted by Gasteiger charge is -2.37. The van der Waals surface area contributed by atoms with Gasteiger partial charge in [-0.15, -0.1) is 0 Å². The number of aryl methyl sites for hydroxylation is 1. The van der Waals surface area contributed by atoms with Crippen LogP contribution in [0, 0.1) is 0 Å². The number of rotatable bonds is 3. The van der Waals surface area contributed by atoms with E-state index in [2.05, 4.69) is 5.10 Å². The maximum absolute atomic E-state index is 12.0. The monoisotopic (exact) mass is 281 g/mol. The number of aliphatic hydroxyl groups is 2. The van der Waals surface area contributed by atoms with Gasteiger partial charge in [-0.1, -0.05) is 0 Å². The smallest absolute Gasteiger partial charge is 0.246 e. The van der Waals surface area contributed by atoms with Crippen molar-refractivity contribution >= 4 is 12.0 Å². The van der Waals surface area contributed by atoms with E-state index in [1.54, 1.807) is 37.2 Å². The lowest BCUT2D eigenvalue weighted by molar-refractivity contribution is -0.149. The lowest BCUT2D eigenvalue weighted by atomic mass is 10.0. The molecule has 110 valence electrons. The van der Waals surface area contributed by atoms with Gasteiger partial charge in [0.1, 0.15) is 12.2 Å². The molecule has 0 bridgehead atoms. The van der Waals surface area contributed by atoms with E-state index in [1.807, 2.05) is 0 Å². The summed E-state index contributed by atoms with van der Waals surface area (Å²) < 4.78 is 6.80. The highest BCUT2D eigenvalue weighted by molar-refractivity contribution is 5.91. The van der Waals surface area contributed by atoms with E-state index in [0.717, 1.165) is 5.56 Å². The largest absolute Gasteiger partial charge is 0.388 e. The third-order valence-electron chi connectivity index (χ3n) is 3.35. The second kappa shape index (κ2) is 6.17. The van der Waals surface area contributed by atoms with Gasteiger partial charge in [-0.25, -0.2) is 0 Å². The number of hydrogen-bond acceptors (Lipinski definition) is 5. The number of carbonyl (C=O) groups excluding carboxylic acids is 1. The predicted molar refractivity (Wildman–Crippen MR) is 71.6 cm³/mol. The molecule has 0 unspecified atom stereocenters. The number of likely N-dealkylation sites (N-methyl/N-ethyl adjacent to an activating group) is 1. The van der Waals surface area contributed by atoms with E-state index in [9.17, 15) is 15.0 Å². The highest BCUT2D eigenvalue weighted by Crippen LogP contribution is 2.14. The van der Waals surface area contributed by atoms with Crippen molar-refractivity contribution in [3.8, 4) is 0 Å². The van der Waals surface area contributed by atoms with Crippen molar-refractivity contribution in [3.05, 3.63) is 24.0 Å². The Kier molecular flexibility index (Phi) is 4.53. The molecule has 1 saturated heterocycles. The molecule has 0 spiro atoms. The van der Waals surface area contributed by atoms with Crippen LogP contribution in [0.2, 0.25) is 0 Å². The summed E-state index contributed by atoms with van der Waals surface area (Å²) in [4.78, 5) is 13.4. The Morgan fingerprint density at radius 1 is 1.55 bits per heavy atom. The summed E-state index contributed by atoms with van der Waals surface area (Å²) in [6, 6.07) is -0.551. The Bertz CT molecular complexity index is 500. The lowest BCUT2D eigenvalue weighted by Crippen LogP contribution is -2.56. The Labute approximate surface area is 117 Å². The van der Waals surface area contributed by atoms with Crippen LogP contribution in [-0.4, -0.2) is 69.3 Å². The summed E-state index contributed by atoms with van der Waals surface area (Å²) in [5.74, 6) is -0.268. The fraction of sp³-hybridized carbons (Fsp3) is 0.538. The molecule has 1 aliphatic heterocycles. The molecule has 2 N–H and O–H groups in total. The summed E-state index contributed by atoms with van der Waals surface area (Å²) in [5, 5.41) is 23.4. The zero-order valence-corrected chi connectivity index (χ0v) is 11.5. The van der Waals surface area contributed by atoms with Crippen LogP contribution < -0.4 is 0 Å². The second-order valence-electron chi connectivity index (χ2n) is 4.89. The van der Waals surface area contributed by atoms with Crippen LogP contribution in [0.15, 0.2) is 18.5 Å². The first-order chi connectivity index (χ1) is 9.49. The standard InChI is InChI=1S/C13H19N3O4/c1-15-6-9(5-14-15)3-4-12(18)16(2)10-7-20-8-11(17)13(10)19/h3-6,10-11,13,17,19H,7-8H2,1-2H3/b4-3+/t10-,11-,13+/m1/s1. The van der Waals surface area contributed by atoms with Gasteiger partial charge in [0, 0.05) is 31.9 Å². The Balaban J connectivity index is 1.99. The van der Waals surface area contributed by atoms with Crippen LogP contribution in [0.3, 0.4) is 0 Å². The number of aliphatic hydroxyl groups excluding tert-OH is 2. The first kappa shape index (κ1) is 14.7. The van der Waals surface area contributed by atoms with Gasteiger partial charge >= 0.3 is 0 Å². The van der Waals surface area contributed by atoms with Crippen LogP contribution in [0.4, 0.5) is 0 Å². The number of hydrogen-bond donors (Lipinski definition) is 2. The van der Waals surface area contributed by atoms with Gasteiger partial charge in [0.15, 0.2) is 0 Å². The Morgan fingerprint density at radius 2 is 2.30 bits per heavy atom. The van der Waals surface area contributed by atoms with Gasteiger partial charge in [-0.3, -0.25) is 9.48 Å². The molecule has 0 aromatic carbocycles. The molecule has 1 amide bonds. The molecule has 0 aliphatic carbocycles. The fourth-order valence-corrected chi connectivity index (χ4v) is 2.08. The normalized spacial score (nSPS) is 26.9. The molecular formula is C13H19N3O4. The molecular weight excluding hydrogens is 262 g/mol. The van der Waals surface area contributed by atoms with Crippen molar-refractivity contribution in [1.29, 1.82) is 0 Å². The quantitative estimate of drug-likeness (QED) is 0.695. The Morgan fingerprint density at radius 3 is 2.95 bits per heavy atom. The number of aromatic nitrogens is 2. The molecule has 3 atom stereocenters. The van der Waals surface area contributed by atoms with Crippen LogP contribution in [-0.2, 0) is 16.6 Å². The topological polar surface area (TPSA) is 87.8 Å². The number of carbonyl (C=O) groups is 1. The van der Waals surface area contributed by atoms with Gasteiger partial charge in [0.25, 0.3) is 0 Å². The minimum atomic E-state index is -0.996. The van der Waals surface area contributed by atoms with Gasteiger partial charge in [-0.05, 0) is 6.08 Å². The van der Waals surface area contributed by atoms with Gasteiger partial charge in [0.05, 0.1) is 25.5 Å². The number of nitrogens with zero attached hydrogens (tertiary/aromatic N) is 3. The maximum Gasteiger partial charge on any atom is 0.246 e. The summed E-state index contributed by atoms with van der Waals surface area (Å²) in [6.07, 6.45) is 4.53. The second-order valence-corrected chi connectivity index (χ2v) is 4.89. The maximum atomic E-state index is 12.0. The summed E-state index contributed by atoms with van der Waals surface area (Å²) in [7, 11) is 3.37. The van der Waals surface area contributed by atoms with Gasteiger partial charge in [-0.2, -0.15) is 5.10 Å². The van der Waals surface area contributed by atoms with Crippen molar-refractivity contribution < 1.29 is 19.7 Å². The third kappa shape index (κ3) is 3.24. The average Bonchev–Trinajstić information content (AvgIpc) is 2.84. The van der Waals surface area contributed by atoms with Crippen LogP contribution in [0.1, 0.15) is 5.56 Å². The van der Waals surface area contributed by atoms with Crippen molar-refractivity contribution in [3.63, 3.8) is 0 Å². The van der Waals surface area contributed by atoms with Gasteiger partial charge < -0.3 is 19.8 Å². The van der Waals surface area contributed by atoms with E-state index in [4.69, 9.17) is 4.74 Å². The molecule has 1 aliphatic rings. The molecule has 7 heteroatoms. The zero-order chi connectivity index (χ0) is 14.7. The molecule has 7 nitrogen and oxygen atoms in total. The van der Waals surface area contributed by atoms with E-state index >= 15 is 0 Å². The van der Waals surface area contributed by atoms with Gasteiger partial charge in [0.2, 0.25) is 5.91 Å². The first-order valence-electron chi connectivity index (χ1n) is 6.36. The molecule has 1 aromatic rings. The molecule has 20 heavy (non-hydrogen) atoms. The minimum Gasteiger partial charge on any atom is -0.388 e. The molecule has 1 fully saturated rings. The van der Waals surface area contributed by atoms with E-state index in [-0.39, 0.29) is 19.1 Å². The number of ether oxygens (including phenoxy) is 1. The fourth-order valence-electron chi connectivity index (χ4n) is 2.08. The van der Waals surface area contributed by atoms with E-state index in [0.29, 0.717) is 0 Å². The van der Waals surface area contributed by atoms with Crippen LogP contribution >= 0.6 is 0 Å². The predicted octanol–water partition coefficient (Wildman–Crippen LogP) is -0.988. The van der Waals surface area contributed by atoms with E-state index < -0.39 is 18.2 Å². The first-order valence-corrected chi connectivity index (χ1v) is 6.36. The summed E-state index contributed by atoms with van der Waals surface area (Å²) in [6.45, 7) is 0.298. The SMILES string of the molecule is CN(C(=O)/C=C/c1cnn(C)c1)[C@@H]1COC[C@@H](O)[C@H]1O. The Hall–Kier alpha value is -1.70. The molecule has 0 saturated carbocycles. The molecule has 2 rings (SSSR count). The van der Waals surface area contributed by atoms with Crippen molar-refractivity contribution in [2.75, 3.05) is 20.3 Å². The van der Waals surface area contributed by atoms with E-state index in [1.165, 1.54) is 11.0 Å². The average molecular weight is 281 g/mol. The molecule has 1 aromatic heterocycles. The molecule has 0 radical (unpaired) electrons. The third-order valence-corrected chi connectivity index (χ3v) is 3.35.